The molecule has 0 radical (unpaired) electrons. The number of benzene rings is 1. The van der Waals surface area contributed by atoms with Crippen LogP contribution in [-0.2, 0) is 25.6 Å². The van der Waals surface area contributed by atoms with Gasteiger partial charge in [-0.1, -0.05) is 18.2 Å². The SMILES string of the molecule is NCCCCC(NC(=O)C(CCCN=C(N)N)NC(=O)C(N)CCCN=C(N)N)C(=O)NC(Cc1c[nH]c2ccccc12)C(=O)O. The molecule has 0 aliphatic carbocycles. The maximum Gasteiger partial charge on any atom is 0.326 e. The zero-order valence-electron chi connectivity index (χ0n) is 25.9. The highest BCUT2D eigenvalue weighted by Crippen LogP contribution is 2.19. The summed E-state index contributed by atoms with van der Waals surface area (Å²) in [6.45, 7) is 0.842. The van der Waals surface area contributed by atoms with Gasteiger partial charge in [0.05, 0.1) is 6.04 Å². The Hall–Kier alpha value is -4.90. The van der Waals surface area contributed by atoms with E-state index in [1.165, 1.54) is 0 Å². The predicted octanol–water partition coefficient (Wildman–Crippen LogP) is -2.19. The van der Waals surface area contributed by atoms with Gasteiger partial charge in [0.1, 0.15) is 18.1 Å². The average Bonchev–Trinajstić information content (AvgIpc) is 3.42. The maximum absolute atomic E-state index is 13.5. The summed E-state index contributed by atoms with van der Waals surface area (Å²) in [5.41, 5.74) is 34.6. The van der Waals surface area contributed by atoms with Crippen molar-refractivity contribution in [2.75, 3.05) is 19.6 Å². The molecule has 254 valence electrons. The van der Waals surface area contributed by atoms with Gasteiger partial charge in [0.2, 0.25) is 17.7 Å². The fourth-order valence-electron chi connectivity index (χ4n) is 4.73. The molecule has 17 heteroatoms. The highest BCUT2D eigenvalue weighted by Gasteiger charge is 2.30. The molecule has 0 fully saturated rings. The van der Waals surface area contributed by atoms with Crippen LogP contribution in [0.5, 0.6) is 0 Å². The number of nitrogens with one attached hydrogen (secondary N) is 4. The molecule has 0 spiro atoms. The van der Waals surface area contributed by atoms with Gasteiger partial charge in [-0.3, -0.25) is 24.4 Å². The van der Waals surface area contributed by atoms with Crippen LogP contribution < -0.4 is 50.4 Å². The summed E-state index contributed by atoms with van der Waals surface area (Å²) in [7, 11) is 0. The molecule has 2 aromatic rings. The molecule has 0 saturated carbocycles. The number of guanidine groups is 2. The number of rotatable bonds is 21. The molecule has 4 atom stereocenters. The van der Waals surface area contributed by atoms with E-state index in [-0.39, 0.29) is 50.7 Å². The first-order chi connectivity index (χ1) is 21.9. The van der Waals surface area contributed by atoms with Gasteiger partial charge < -0.3 is 60.4 Å². The number of amides is 3. The van der Waals surface area contributed by atoms with Crippen LogP contribution in [0, 0.1) is 0 Å². The number of carbonyl (C=O) groups excluding carboxylic acids is 3. The predicted molar refractivity (Wildman–Crippen MR) is 176 cm³/mol. The largest absolute Gasteiger partial charge is 0.480 e. The molecular weight excluding hydrogens is 596 g/mol. The average molecular weight is 645 g/mol. The van der Waals surface area contributed by atoms with E-state index in [0.29, 0.717) is 37.8 Å². The lowest BCUT2D eigenvalue weighted by Gasteiger charge is -2.25. The number of carboxylic acids is 1. The highest BCUT2D eigenvalue weighted by atomic mass is 16.4. The van der Waals surface area contributed by atoms with Crippen LogP contribution in [0.15, 0.2) is 40.4 Å². The number of fused-ring (bicyclic) bond motifs is 1. The van der Waals surface area contributed by atoms with E-state index in [9.17, 15) is 24.3 Å². The van der Waals surface area contributed by atoms with Crippen molar-refractivity contribution in [3.05, 3.63) is 36.0 Å². The summed E-state index contributed by atoms with van der Waals surface area (Å²) in [4.78, 5) is 62.9. The van der Waals surface area contributed by atoms with Gasteiger partial charge in [-0.15, -0.1) is 0 Å². The molecule has 4 unspecified atom stereocenters. The smallest absolute Gasteiger partial charge is 0.326 e. The first kappa shape index (κ1) is 37.3. The van der Waals surface area contributed by atoms with E-state index in [1.807, 2.05) is 24.3 Å². The van der Waals surface area contributed by atoms with Crippen molar-refractivity contribution in [2.45, 2.75) is 75.5 Å². The van der Waals surface area contributed by atoms with Crippen molar-refractivity contribution in [3.63, 3.8) is 0 Å². The number of nitrogens with two attached hydrogens (primary N) is 6. The lowest BCUT2D eigenvalue weighted by molar-refractivity contribution is -0.142. The Morgan fingerprint density at radius 2 is 1.30 bits per heavy atom. The normalized spacial score (nSPS) is 13.5. The number of aliphatic imine (C=N–C) groups is 2. The first-order valence-electron chi connectivity index (χ1n) is 15.2. The third kappa shape index (κ3) is 13.0. The Morgan fingerprint density at radius 1 is 0.761 bits per heavy atom. The maximum atomic E-state index is 13.5. The molecule has 17 N–H and O–H groups in total. The molecule has 17 nitrogen and oxygen atoms in total. The molecule has 3 amide bonds. The number of para-hydroxylation sites is 1. The Labute approximate surface area is 267 Å². The van der Waals surface area contributed by atoms with E-state index in [0.717, 1.165) is 10.9 Å². The number of hydrogen-bond acceptors (Lipinski definition) is 8. The van der Waals surface area contributed by atoms with E-state index < -0.39 is 47.9 Å². The molecule has 0 aliphatic rings. The van der Waals surface area contributed by atoms with Crippen molar-refractivity contribution in [2.24, 2.45) is 44.4 Å². The Bertz CT molecular complexity index is 1350. The minimum atomic E-state index is -1.27. The number of aromatic nitrogens is 1. The zero-order chi connectivity index (χ0) is 34.1. The van der Waals surface area contributed by atoms with Crippen LogP contribution in [0.3, 0.4) is 0 Å². The quantitative estimate of drug-likeness (QED) is 0.0394. The molecule has 0 saturated heterocycles. The fraction of sp³-hybridized carbons (Fsp3) is 0.517. The van der Waals surface area contributed by atoms with E-state index in [1.54, 1.807) is 6.20 Å². The summed E-state index contributed by atoms with van der Waals surface area (Å²) in [6, 6.07) is 3.00. The topological polar surface area (TPSA) is 321 Å². The second-order valence-electron chi connectivity index (χ2n) is 10.9. The highest BCUT2D eigenvalue weighted by molar-refractivity contribution is 5.94. The third-order valence-electron chi connectivity index (χ3n) is 7.18. The van der Waals surface area contributed by atoms with Gasteiger partial charge in [-0.2, -0.15) is 0 Å². The van der Waals surface area contributed by atoms with Crippen LogP contribution >= 0.6 is 0 Å². The van der Waals surface area contributed by atoms with Crippen molar-refractivity contribution in [3.8, 4) is 0 Å². The van der Waals surface area contributed by atoms with Gasteiger partial charge in [-0.25, -0.2) is 4.79 Å². The number of hydrogen-bond donors (Lipinski definition) is 11. The number of unbranched alkanes of at least 4 members (excludes halogenated alkanes) is 1. The number of aromatic amines is 1. The molecule has 2 rings (SSSR count). The van der Waals surface area contributed by atoms with E-state index in [4.69, 9.17) is 34.4 Å². The minimum Gasteiger partial charge on any atom is -0.480 e. The Morgan fingerprint density at radius 3 is 1.89 bits per heavy atom. The number of H-pyrrole nitrogens is 1. The van der Waals surface area contributed by atoms with Crippen molar-refractivity contribution >= 4 is 46.5 Å². The summed E-state index contributed by atoms with van der Waals surface area (Å²) in [5.74, 6) is -3.34. The second-order valence-corrected chi connectivity index (χ2v) is 10.9. The van der Waals surface area contributed by atoms with Gasteiger partial charge in [0.15, 0.2) is 11.9 Å². The third-order valence-corrected chi connectivity index (χ3v) is 7.18. The molecule has 1 aromatic heterocycles. The standard InChI is InChI=1S/C29H48N12O5/c30-12-4-3-10-21(26(44)41-23(27(45)46)15-17-16-38-20-9-2-1-7-18(17)20)40-25(43)22(11-6-14-37-29(34)35)39-24(42)19(31)8-5-13-36-28(32)33/h1-2,7,9,16,19,21-23,38H,3-6,8,10-15,30-31H2,(H,39,42)(H,40,43)(H,41,44)(H,45,46)(H4,32,33,36)(H4,34,35,37). The molecule has 1 aromatic carbocycles. The van der Waals surface area contributed by atoms with Crippen LogP contribution in [-0.4, -0.2) is 89.5 Å². The lowest BCUT2D eigenvalue weighted by atomic mass is 10.0. The number of aliphatic carboxylic acids is 1. The second kappa shape index (κ2) is 19.5. The van der Waals surface area contributed by atoms with Gasteiger partial charge in [0.25, 0.3) is 0 Å². The number of carboxylic acid groups (broad SMARTS) is 1. The fourth-order valence-corrected chi connectivity index (χ4v) is 4.73. The summed E-state index contributed by atoms with van der Waals surface area (Å²) in [5, 5.41) is 18.7. The first-order valence-corrected chi connectivity index (χ1v) is 15.2. The monoisotopic (exact) mass is 644 g/mol. The van der Waals surface area contributed by atoms with Gasteiger partial charge in [0, 0.05) is 36.6 Å². The number of carbonyl (C=O) groups is 4. The summed E-state index contributed by atoms with van der Waals surface area (Å²) >= 11 is 0. The Balaban J connectivity index is 2.18. The molecular formula is C29H48N12O5. The summed E-state index contributed by atoms with van der Waals surface area (Å²) < 4.78 is 0. The summed E-state index contributed by atoms with van der Waals surface area (Å²) in [6.07, 6.45) is 4.10. The van der Waals surface area contributed by atoms with E-state index >= 15 is 0 Å². The lowest BCUT2D eigenvalue weighted by Crippen LogP contribution is -2.57. The molecule has 1 heterocycles. The number of nitrogens with zero attached hydrogens (tertiary/aromatic N) is 2. The minimum absolute atomic E-state index is 0.0130. The van der Waals surface area contributed by atoms with E-state index in [2.05, 4.69) is 30.9 Å². The van der Waals surface area contributed by atoms with Gasteiger partial charge in [-0.05, 0) is 63.1 Å². The van der Waals surface area contributed by atoms with Crippen molar-refractivity contribution in [1.82, 2.24) is 20.9 Å². The van der Waals surface area contributed by atoms with Crippen molar-refractivity contribution in [1.29, 1.82) is 0 Å². The Kier molecular flexibility index (Phi) is 15.8. The van der Waals surface area contributed by atoms with Gasteiger partial charge >= 0.3 is 5.97 Å². The van der Waals surface area contributed by atoms with Crippen LogP contribution in [0.1, 0.15) is 50.5 Å². The van der Waals surface area contributed by atoms with Crippen molar-refractivity contribution < 1.29 is 24.3 Å². The van der Waals surface area contributed by atoms with Crippen LogP contribution in [0.25, 0.3) is 10.9 Å². The zero-order valence-corrected chi connectivity index (χ0v) is 25.9. The molecule has 46 heavy (non-hydrogen) atoms. The molecule has 0 aliphatic heterocycles. The van der Waals surface area contributed by atoms with Crippen LogP contribution in [0.2, 0.25) is 0 Å². The van der Waals surface area contributed by atoms with Crippen LogP contribution in [0.4, 0.5) is 0 Å². The molecule has 0 bridgehead atoms.